The first-order valence-electron chi connectivity index (χ1n) is 6.80. The van der Waals surface area contributed by atoms with E-state index in [0.717, 1.165) is 17.7 Å². The molecular weight excluding hydrogens is 248 g/mol. The fraction of sp³-hybridized carbons (Fsp3) is 0.235. The minimum absolute atomic E-state index is 0.125. The van der Waals surface area contributed by atoms with Crippen molar-refractivity contribution in [3.63, 3.8) is 0 Å². The fourth-order valence-electron chi connectivity index (χ4n) is 2.98. The molecule has 0 saturated carbocycles. The van der Waals surface area contributed by atoms with E-state index in [-0.39, 0.29) is 11.8 Å². The van der Waals surface area contributed by atoms with Gasteiger partial charge >= 0.3 is 0 Å². The van der Waals surface area contributed by atoms with Crippen molar-refractivity contribution in [2.24, 2.45) is 0 Å². The summed E-state index contributed by atoms with van der Waals surface area (Å²) in [7, 11) is 1.80. The van der Waals surface area contributed by atoms with Gasteiger partial charge in [0, 0.05) is 7.05 Å². The molecule has 3 heteroatoms. The lowest BCUT2D eigenvalue weighted by Gasteiger charge is -2.13. The molecule has 2 N–H and O–H groups in total. The second kappa shape index (κ2) is 4.67. The van der Waals surface area contributed by atoms with Gasteiger partial charge in [0.05, 0.1) is 17.3 Å². The van der Waals surface area contributed by atoms with Crippen LogP contribution < -0.4 is 10.6 Å². The summed E-state index contributed by atoms with van der Waals surface area (Å²) in [6.45, 7) is 2.08. The highest BCUT2D eigenvalue weighted by atomic mass is 16.2. The standard InChI is InChI=1S/C17H18N2O/c1-11-6-3-4-7-12(11)10-14-13-8-5-9-15(18)16(13)19(2)17(14)20/h3-9,14H,10,18H2,1-2H3. The highest BCUT2D eigenvalue weighted by molar-refractivity contribution is 6.07. The molecule has 0 radical (unpaired) electrons. The Balaban J connectivity index is 2.02. The summed E-state index contributed by atoms with van der Waals surface area (Å²) >= 11 is 0. The van der Waals surface area contributed by atoms with Gasteiger partial charge in [-0.1, -0.05) is 36.4 Å². The van der Waals surface area contributed by atoms with Crippen LogP contribution in [0.25, 0.3) is 0 Å². The summed E-state index contributed by atoms with van der Waals surface area (Å²) < 4.78 is 0. The molecule has 1 aliphatic rings. The normalized spacial score (nSPS) is 17.4. The van der Waals surface area contributed by atoms with Gasteiger partial charge in [0.1, 0.15) is 0 Å². The number of anilines is 2. The van der Waals surface area contributed by atoms with E-state index in [1.165, 1.54) is 11.1 Å². The Hall–Kier alpha value is -2.29. The molecule has 0 saturated heterocycles. The number of aryl methyl sites for hydroxylation is 1. The average molecular weight is 266 g/mol. The van der Waals surface area contributed by atoms with Crippen molar-refractivity contribution < 1.29 is 4.79 Å². The van der Waals surface area contributed by atoms with Crippen molar-refractivity contribution in [3.05, 3.63) is 59.2 Å². The number of likely N-dealkylation sites (N-methyl/N-ethyl adjacent to an activating group) is 1. The predicted molar refractivity (Wildman–Crippen MR) is 81.9 cm³/mol. The molecular formula is C17H18N2O. The molecule has 20 heavy (non-hydrogen) atoms. The number of rotatable bonds is 2. The van der Waals surface area contributed by atoms with Crippen LogP contribution in [0.4, 0.5) is 11.4 Å². The molecule has 1 amide bonds. The van der Waals surface area contributed by atoms with Crippen LogP contribution in [0.2, 0.25) is 0 Å². The number of benzene rings is 2. The number of carbonyl (C=O) groups excluding carboxylic acids is 1. The summed E-state index contributed by atoms with van der Waals surface area (Å²) in [5, 5.41) is 0. The minimum atomic E-state index is -0.125. The summed E-state index contributed by atoms with van der Waals surface area (Å²) in [6.07, 6.45) is 0.728. The molecule has 1 unspecified atom stereocenters. The molecule has 1 heterocycles. The quantitative estimate of drug-likeness (QED) is 0.850. The van der Waals surface area contributed by atoms with E-state index in [1.54, 1.807) is 11.9 Å². The Morgan fingerprint density at radius 1 is 1.15 bits per heavy atom. The van der Waals surface area contributed by atoms with Gasteiger partial charge < -0.3 is 10.6 Å². The largest absolute Gasteiger partial charge is 0.397 e. The number of hydrogen-bond donors (Lipinski definition) is 1. The smallest absolute Gasteiger partial charge is 0.234 e. The summed E-state index contributed by atoms with van der Waals surface area (Å²) in [5.41, 5.74) is 11.0. The van der Waals surface area contributed by atoms with Crippen LogP contribution in [0, 0.1) is 6.92 Å². The number of amides is 1. The van der Waals surface area contributed by atoms with Gasteiger partial charge in [-0.25, -0.2) is 0 Å². The zero-order chi connectivity index (χ0) is 14.3. The van der Waals surface area contributed by atoms with E-state index in [4.69, 9.17) is 5.73 Å². The van der Waals surface area contributed by atoms with E-state index in [2.05, 4.69) is 19.1 Å². The number of nitrogens with zero attached hydrogens (tertiary/aromatic N) is 1. The molecule has 2 aromatic carbocycles. The molecule has 0 spiro atoms. The lowest BCUT2D eigenvalue weighted by atomic mass is 9.91. The third-order valence-corrected chi connectivity index (χ3v) is 4.12. The number of nitrogen functional groups attached to an aromatic ring is 1. The highest BCUT2D eigenvalue weighted by Crippen LogP contribution is 2.41. The molecule has 0 aromatic heterocycles. The van der Waals surface area contributed by atoms with Crippen LogP contribution in [-0.4, -0.2) is 13.0 Å². The molecule has 2 aromatic rings. The Labute approximate surface area is 119 Å². The molecule has 3 rings (SSSR count). The molecule has 0 fully saturated rings. The van der Waals surface area contributed by atoms with Gasteiger partial charge in [-0.2, -0.15) is 0 Å². The van der Waals surface area contributed by atoms with Gasteiger partial charge in [0.25, 0.3) is 0 Å². The molecule has 1 atom stereocenters. The maximum atomic E-state index is 12.5. The van der Waals surface area contributed by atoms with E-state index in [9.17, 15) is 4.79 Å². The Morgan fingerprint density at radius 3 is 2.65 bits per heavy atom. The average Bonchev–Trinajstić information content (AvgIpc) is 2.67. The van der Waals surface area contributed by atoms with Crippen LogP contribution in [0.1, 0.15) is 22.6 Å². The van der Waals surface area contributed by atoms with Gasteiger partial charge in [-0.3, -0.25) is 4.79 Å². The van der Waals surface area contributed by atoms with Crippen molar-refractivity contribution in [1.29, 1.82) is 0 Å². The van der Waals surface area contributed by atoms with E-state index in [1.807, 2.05) is 30.3 Å². The van der Waals surface area contributed by atoms with Crippen molar-refractivity contribution in [2.45, 2.75) is 19.3 Å². The molecule has 0 bridgehead atoms. The summed E-state index contributed by atoms with van der Waals surface area (Å²) in [5.74, 6) is 0.000697. The molecule has 102 valence electrons. The predicted octanol–water partition coefficient (Wildman–Crippen LogP) is 2.88. The van der Waals surface area contributed by atoms with Gasteiger partial charge in [-0.05, 0) is 36.1 Å². The second-order valence-corrected chi connectivity index (χ2v) is 5.37. The number of hydrogen-bond acceptors (Lipinski definition) is 2. The topological polar surface area (TPSA) is 46.3 Å². The lowest BCUT2D eigenvalue weighted by molar-refractivity contribution is -0.119. The van der Waals surface area contributed by atoms with Crippen molar-refractivity contribution in [3.8, 4) is 0 Å². The zero-order valence-corrected chi connectivity index (χ0v) is 11.8. The first-order chi connectivity index (χ1) is 9.59. The van der Waals surface area contributed by atoms with Crippen molar-refractivity contribution >= 4 is 17.3 Å². The first-order valence-corrected chi connectivity index (χ1v) is 6.80. The lowest BCUT2D eigenvalue weighted by Crippen LogP contribution is -2.25. The van der Waals surface area contributed by atoms with Gasteiger partial charge in [0.2, 0.25) is 5.91 Å². The van der Waals surface area contributed by atoms with E-state index < -0.39 is 0 Å². The Morgan fingerprint density at radius 2 is 1.90 bits per heavy atom. The van der Waals surface area contributed by atoms with Crippen LogP contribution in [-0.2, 0) is 11.2 Å². The SMILES string of the molecule is Cc1ccccc1CC1C(=O)N(C)c2c(N)cccc21. The van der Waals surface area contributed by atoms with Crippen molar-refractivity contribution in [1.82, 2.24) is 0 Å². The maximum absolute atomic E-state index is 12.5. The van der Waals surface area contributed by atoms with E-state index >= 15 is 0 Å². The van der Waals surface area contributed by atoms with Crippen LogP contribution in [0.3, 0.4) is 0 Å². The molecule has 0 aliphatic carbocycles. The Kier molecular flexibility index (Phi) is 2.97. The Bertz CT molecular complexity index is 678. The van der Waals surface area contributed by atoms with E-state index in [0.29, 0.717) is 5.69 Å². The molecule has 3 nitrogen and oxygen atoms in total. The number of para-hydroxylation sites is 1. The zero-order valence-electron chi connectivity index (χ0n) is 11.8. The van der Waals surface area contributed by atoms with Crippen molar-refractivity contribution in [2.75, 3.05) is 17.7 Å². The van der Waals surface area contributed by atoms with Crippen LogP contribution in [0.5, 0.6) is 0 Å². The third kappa shape index (κ3) is 1.86. The number of carbonyl (C=O) groups is 1. The monoisotopic (exact) mass is 266 g/mol. The molecule has 1 aliphatic heterocycles. The van der Waals surface area contributed by atoms with Gasteiger partial charge in [0.15, 0.2) is 0 Å². The number of nitrogens with two attached hydrogens (primary N) is 1. The number of fused-ring (bicyclic) bond motifs is 1. The summed E-state index contributed by atoms with van der Waals surface area (Å²) in [4.78, 5) is 14.2. The van der Waals surface area contributed by atoms with Crippen LogP contribution >= 0.6 is 0 Å². The highest BCUT2D eigenvalue weighted by Gasteiger charge is 2.36. The minimum Gasteiger partial charge on any atom is -0.397 e. The maximum Gasteiger partial charge on any atom is 0.234 e. The third-order valence-electron chi connectivity index (χ3n) is 4.12. The van der Waals surface area contributed by atoms with Crippen LogP contribution in [0.15, 0.2) is 42.5 Å². The van der Waals surface area contributed by atoms with Gasteiger partial charge in [-0.15, -0.1) is 0 Å². The fourth-order valence-corrected chi connectivity index (χ4v) is 2.98. The second-order valence-electron chi connectivity index (χ2n) is 5.37. The first kappa shape index (κ1) is 12.7. The summed E-state index contributed by atoms with van der Waals surface area (Å²) in [6, 6.07) is 14.0.